The van der Waals surface area contributed by atoms with E-state index in [1.807, 2.05) is 6.07 Å². The Kier molecular flexibility index (Phi) is 3.30. The van der Waals surface area contributed by atoms with Crippen LogP contribution >= 0.6 is 0 Å². The van der Waals surface area contributed by atoms with Crippen molar-refractivity contribution in [2.24, 2.45) is 5.73 Å². The second-order valence-electron chi connectivity index (χ2n) is 4.95. The minimum absolute atomic E-state index is 0.310. The molecule has 0 aromatic heterocycles. The van der Waals surface area contributed by atoms with Gasteiger partial charge in [0.2, 0.25) is 0 Å². The fraction of sp³-hybridized carbons (Fsp3) is 0.250. The molecule has 0 aliphatic carbocycles. The van der Waals surface area contributed by atoms with Gasteiger partial charge in [0.1, 0.15) is 0 Å². The van der Waals surface area contributed by atoms with Crippen molar-refractivity contribution in [3.05, 3.63) is 71.3 Å². The third kappa shape index (κ3) is 2.95. The van der Waals surface area contributed by atoms with Crippen LogP contribution in [0.25, 0.3) is 0 Å². The van der Waals surface area contributed by atoms with Crippen LogP contribution in [0.15, 0.2) is 54.6 Å². The largest absolute Gasteiger partial charge is 0.321 e. The Hall–Kier alpha value is -1.60. The lowest BCUT2D eigenvalue weighted by molar-refractivity contribution is 0.491. The van der Waals surface area contributed by atoms with Crippen LogP contribution in [0.2, 0.25) is 0 Å². The standard InChI is InChI=1S/C16H19N/c1-13-8-10-15(11-9-13)16(2,17)12-14-6-4-3-5-7-14/h3-11H,12,17H2,1-2H3. The molecular weight excluding hydrogens is 206 g/mol. The predicted molar refractivity (Wildman–Crippen MR) is 72.9 cm³/mol. The van der Waals surface area contributed by atoms with Gasteiger partial charge in [-0.1, -0.05) is 60.2 Å². The zero-order chi connectivity index (χ0) is 12.3. The number of hydrogen-bond donors (Lipinski definition) is 1. The lowest BCUT2D eigenvalue weighted by Crippen LogP contribution is -2.35. The summed E-state index contributed by atoms with van der Waals surface area (Å²) in [4.78, 5) is 0. The summed E-state index contributed by atoms with van der Waals surface area (Å²) in [6, 6.07) is 18.9. The van der Waals surface area contributed by atoms with Gasteiger partial charge in [-0.05, 0) is 31.4 Å². The van der Waals surface area contributed by atoms with Gasteiger partial charge in [0, 0.05) is 5.54 Å². The lowest BCUT2D eigenvalue weighted by Gasteiger charge is -2.25. The van der Waals surface area contributed by atoms with Crippen molar-refractivity contribution in [2.75, 3.05) is 0 Å². The van der Waals surface area contributed by atoms with E-state index in [1.165, 1.54) is 16.7 Å². The molecule has 0 saturated heterocycles. The van der Waals surface area contributed by atoms with Gasteiger partial charge in [-0.25, -0.2) is 0 Å². The van der Waals surface area contributed by atoms with Crippen LogP contribution in [-0.4, -0.2) is 0 Å². The molecule has 0 aliphatic rings. The quantitative estimate of drug-likeness (QED) is 0.851. The van der Waals surface area contributed by atoms with Crippen LogP contribution in [0.4, 0.5) is 0 Å². The first kappa shape index (κ1) is 11.9. The maximum absolute atomic E-state index is 6.42. The van der Waals surface area contributed by atoms with Gasteiger partial charge in [0.05, 0.1) is 0 Å². The van der Waals surface area contributed by atoms with Gasteiger partial charge in [-0.2, -0.15) is 0 Å². The molecule has 2 aromatic rings. The first-order valence-corrected chi connectivity index (χ1v) is 5.98. The van der Waals surface area contributed by atoms with Crippen molar-refractivity contribution in [1.82, 2.24) is 0 Å². The van der Waals surface area contributed by atoms with Crippen molar-refractivity contribution in [2.45, 2.75) is 25.8 Å². The second kappa shape index (κ2) is 4.72. The molecule has 0 saturated carbocycles. The number of rotatable bonds is 3. The summed E-state index contributed by atoms with van der Waals surface area (Å²) >= 11 is 0. The summed E-state index contributed by atoms with van der Waals surface area (Å²) in [5.41, 5.74) is 9.84. The Bertz CT molecular complexity index is 469. The molecule has 0 amide bonds. The van der Waals surface area contributed by atoms with E-state index < -0.39 is 0 Å². The highest BCUT2D eigenvalue weighted by atomic mass is 14.7. The van der Waals surface area contributed by atoms with E-state index in [9.17, 15) is 0 Å². The van der Waals surface area contributed by atoms with Crippen LogP contribution in [0.1, 0.15) is 23.6 Å². The fourth-order valence-corrected chi connectivity index (χ4v) is 2.06. The Morgan fingerprint density at radius 1 is 0.941 bits per heavy atom. The van der Waals surface area contributed by atoms with E-state index in [0.717, 1.165) is 6.42 Å². The van der Waals surface area contributed by atoms with Crippen LogP contribution in [0.5, 0.6) is 0 Å². The molecule has 1 atom stereocenters. The topological polar surface area (TPSA) is 26.0 Å². The van der Waals surface area contributed by atoms with Gasteiger partial charge in [0.15, 0.2) is 0 Å². The molecule has 2 N–H and O–H groups in total. The SMILES string of the molecule is Cc1ccc(C(C)(N)Cc2ccccc2)cc1. The van der Waals surface area contributed by atoms with Gasteiger partial charge >= 0.3 is 0 Å². The summed E-state index contributed by atoms with van der Waals surface area (Å²) in [7, 11) is 0. The van der Waals surface area contributed by atoms with E-state index >= 15 is 0 Å². The molecule has 0 spiro atoms. The summed E-state index contributed by atoms with van der Waals surface area (Å²) in [6.07, 6.45) is 0.858. The Morgan fingerprint density at radius 3 is 2.12 bits per heavy atom. The zero-order valence-electron chi connectivity index (χ0n) is 10.5. The van der Waals surface area contributed by atoms with Gasteiger partial charge in [-0.3, -0.25) is 0 Å². The molecule has 0 heterocycles. The average Bonchev–Trinajstić information content (AvgIpc) is 2.30. The van der Waals surface area contributed by atoms with Crippen LogP contribution in [-0.2, 0) is 12.0 Å². The Labute approximate surface area is 103 Å². The van der Waals surface area contributed by atoms with E-state index in [2.05, 4.69) is 62.4 Å². The van der Waals surface area contributed by atoms with Crippen LogP contribution in [0, 0.1) is 6.92 Å². The number of benzene rings is 2. The van der Waals surface area contributed by atoms with E-state index in [4.69, 9.17) is 5.73 Å². The van der Waals surface area contributed by atoms with Crippen molar-refractivity contribution < 1.29 is 0 Å². The molecule has 0 radical (unpaired) electrons. The van der Waals surface area contributed by atoms with E-state index in [1.54, 1.807) is 0 Å². The van der Waals surface area contributed by atoms with E-state index in [0.29, 0.717) is 0 Å². The number of nitrogens with two attached hydrogens (primary N) is 1. The molecule has 1 nitrogen and oxygen atoms in total. The maximum Gasteiger partial charge on any atom is 0.0421 e. The first-order valence-electron chi connectivity index (χ1n) is 5.98. The first-order chi connectivity index (χ1) is 8.08. The summed E-state index contributed by atoms with van der Waals surface area (Å²) in [5.74, 6) is 0. The smallest absolute Gasteiger partial charge is 0.0421 e. The van der Waals surface area contributed by atoms with Gasteiger partial charge < -0.3 is 5.73 Å². The predicted octanol–water partition coefficient (Wildman–Crippen LogP) is 3.41. The Morgan fingerprint density at radius 2 is 1.53 bits per heavy atom. The molecule has 17 heavy (non-hydrogen) atoms. The number of hydrogen-bond acceptors (Lipinski definition) is 1. The summed E-state index contributed by atoms with van der Waals surface area (Å²) in [5, 5.41) is 0. The third-order valence-corrected chi connectivity index (χ3v) is 3.13. The second-order valence-corrected chi connectivity index (χ2v) is 4.95. The molecule has 2 rings (SSSR count). The molecule has 1 unspecified atom stereocenters. The minimum atomic E-state index is -0.310. The highest BCUT2D eigenvalue weighted by Crippen LogP contribution is 2.22. The van der Waals surface area contributed by atoms with Crippen LogP contribution in [0.3, 0.4) is 0 Å². The van der Waals surface area contributed by atoms with Gasteiger partial charge in [0.25, 0.3) is 0 Å². The fourth-order valence-electron chi connectivity index (χ4n) is 2.06. The Balaban J connectivity index is 2.21. The van der Waals surface area contributed by atoms with Crippen molar-refractivity contribution >= 4 is 0 Å². The normalized spacial score (nSPS) is 14.3. The van der Waals surface area contributed by atoms with Crippen molar-refractivity contribution in [1.29, 1.82) is 0 Å². The minimum Gasteiger partial charge on any atom is -0.321 e. The molecule has 0 aliphatic heterocycles. The molecule has 0 bridgehead atoms. The lowest BCUT2D eigenvalue weighted by atomic mass is 9.86. The number of aryl methyl sites for hydroxylation is 1. The zero-order valence-corrected chi connectivity index (χ0v) is 10.5. The highest BCUT2D eigenvalue weighted by molar-refractivity contribution is 5.29. The maximum atomic E-state index is 6.42. The molecule has 2 aromatic carbocycles. The van der Waals surface area contributed by atoms with Crippen LogP contribution < -0.4 is 5.73 Å². The van der Waals surface area contributed by atoms with Crippen molar-refractivity contribution in [3.63, 3.8) is 0 Å². The van der Waals surface area contributed by atoms with E-state index in [-0.39, 0.29) is 5.54 Å². The highest BCUT2D eigenvalue weighted by Gasteiger charge is 2.21. The summed E-state index contributed by atoms with van der Waals surface area (Å²) < 4.78 is 0. The summed E-state index contributed by atoms with van der Waals surface area (Å²) in [6.45, 7) is 4.18. The van der Waals surface area contributed by atoms with Crippen molar-refractivity contribution in [3.8, 4) is 0 Å². The van der Waals surface area contributed by atoms with Gasteiger partial charge in [-0.15, -0.1) is 0 Å². The molecule has 88 valence electrons. The molecule has 1 heteroatoms. The average molecular weight is 225 g/mol. The third-order valence-electron chi connectivity index (χ3n) is 3.13. The molecular formula is C16H19N. The molecule has 0 fully saturated rings. The monoisotopic (exact) mass is 225 g/mol.